The third-order valence-electron chi connectivity index (χ3n) is 4.48. The van der Waals surface area contributed by atoms with Crippen LogP contribution in [0.15, 0.2) is 48.5 Å². The smallest absolute Gasteiger partial charge is 0.309 e. The second kappa shape index (κ2) is 9.83. The molecule has 0 saturated carbocycles. The molecular weight excluding hydrogens is 390 g/mol. The van der Waals surface area contributed by atoms with E-state index in [4.69, 9.17) is 9.47 Å². The Bertz CT molecular complexity index is 843. The molecule has 0 aliphatic heterocycles. The largest absolute Gasteiger partial charge is 0.461 e. The van der Waals surface area contributed by atoms with Gasteiger partial charge in [-0.25, -0.2) is 8.78 Å². The molecule has 2 aromatic carbocycles. The van der Waals surface area contributed by atoms with Crippen LogP contribution in [0.5, 0.6) is 0 Å². The van der Waals surface area contributed by atoms with Crippen LogP contribution in [0, 0.1) is 17.6 Å². The maximum absolute atomic E-state index is 13.8. The highest BCUT2D eigenvalue weighted by atomic mass is 19.1. The first-order valence-electron chi connectivity index (χ1n) is 9.89. The summed E-state index contributed by atoms with van der Waals surface area (Å²) in [7, 11) is 0. The maximum atomic E-state index is 13.8. The summed E-state index contributed by atoms with van der Waals surface area (Å²) in [6, 6.07) is 11.8. The van der Waals surface area contributed by atoms with Gasteiger partial charge in [0.1, 0.15) is 23.3 Å². The van der Waals surface area contributed by atoms with E-state index in [2.05, 4.69) is 0 Å². The second-order valence-electron chi connectivity index (χ2n) is 8.42. The lowest BCUT2D eigenvalue weighted by molar-refractivity contribution is -0.163. The van der Waals surface area contributed by atoms with Crippen molar-refractivity contribution in [2.75, 3.05) is 0 Å². The van der Waals surface area contributed by atoms with Gasteiger partial charge in [0.15, 0.2) is 0 Å². The fourth-order valence-electron chi connectivity index (χ4n) is 3.22. The molecule has 0 heterocycles. The molecule has 0 aliphatic rings. The molecule has 0 aliphatic carbocycles. The van der Waals surface area contributed by atoms with Gasteiger partial charge in [-0.05, 0) is 63.1 Å². The van der Waals surface area contributed by atoms with E-state index in [1.165, 1.54) is 24.3 Å². The summed E-state index contributed by atoms with van der Waals surface area (Å²) in [6.45, 7) is 8.49. The topological polar surface area (TPSA) is 52.6 Å². The highest BCUT2D eigenvalue weighted by Gasteiger charge is 2.29. The zero-order chi connectivity index (χ0) is 22.5. The van der Waals surface area contributed by atoms with Gasteiger partial charge in [0, 0.05) is 5.92 Å². The Balaban J connectivity index is 2.19. The van der Waals surface area contributed by atoms with Crippen LogP contribution in [-0.2, 0) is 19.1 Å². The fourth-order valence-corrected chi connectivity index (χ4v) is 3.22. The lowest BCUT2D eigenvalue weighted by Gasteiger charge is -2.26. The van der Waals surface area contributed by atoms with Gasteiger partial charge in [-0.15, -0.1) is 0 Å². The molecule has 0 N–H and O–H groups in total. The predicted molar refractivity (Wildman–Crippen MR) is 110 cm³/mol. The van der Waals surface area contributed by atoms with E-state index >= 15 is 0 Å². The standard InChI is InChI=1S/C24H28F2O4/c1-15(12-21(27)30-24(3,4)5)23(28)29-16(2)22(17-8-6-10-19(25)13-17)18-9-7-11-20(26)14-18/h6-11,13-16,22H,12H2,1-5H3/t15-,16+/m1/s1. The summed E-state index contributed by atoms with van der Waals surface area (Å²) in [4.78, 5) is 24.6. The van der Waals surface area contributed by atoms with Gasteiger partial charge in [0.05, 0.1) is 12.3 Å². The lowest BCUT2D eigenvalue weighted by Crippen LogP contribution is -2.30. The molecule has 0 saturated heterocycles. The van der Waals surface area contributed by atoms with Crippen molar-refractivity contribution < 1.29 is 27.8 Å². The minimum Gasteiger partial charge on any atom is -0.461 e. The quantitative estimate of drug-likeness (QED) is 0.565. The number of carbonyl (C=O) groups is 2. The van der Waals surface area contributed by atoms with Crippen molar-refractivity contribution in [2.24, 2.45) is 5.92 Å². The number of rotatable bonds is 7. The first-order valence-corrected chi connectivity index (χ1v) is 9.89. The van der Waals surface area contributed by atoms with Crippen LogP contribution >= 0.6 is 0 Å². The molecule has 30 heavy (non-hydrogen) atoms. The summed E-state index contributed by atoms with van der Waals surface area (Å²) < 4.78 is 38.5. The van der Waals surface area contributed by atoms with E-state index < -0.39 is 47.1 Å². The Morgan fingerprint density at radius 2 is 1.43 bits per heavy atom. The van der Waals surface area contributed by atoms with Crippen LogP contribution < -0.4 is 0 Å². The number of ether oxygens (including phenoxy) is 2. The molecule has 6 heteroatoms. The van der Waals surface area contributed by atoms with Crippen molar-refractivity contribution in [1.82, 2.24) is 0 Å². The minimum atomic E-state index is -0.720. The fraction of sp³-hybridized carbons (Fsp3) is 0.417. The van der Waals surface area contributed by atoms with Crippen molar-refractivity contribution >= 4 is 11.9 Å². The third kappa shape index (κ3) is 6.94. The van der Waals surface area contributed by atoms with Gasteiger partial charge in [-0.1, -0.05) is 31.2 Å². The summed E-state index contributed by atoms with van der Waals surface area (Å²) in [6.07, 6.45) is -0.838. The normalized spacial score (nSPS) is 13.6. The Kier molecular flexibility index (Phi) is 7.71. The number of esters is 2. The molecule has 2 rings (SSSR count). The number of carbonyl (C=O) groups excluding carboxylic acids is 2. The van der Waals surface area contributed by atoms with Crippen molar-refractivity contribution in [3.8, 4) is 0 Å². The van der Waals surface area contributed by atoms with E-state index in [1.54, 1.807) is 58.9 Å². The first kappa shape index (κ1) is 23.5. The Labute approximate surface area is 176 Å². The summed E-state index contributed by atoms with van der Waals surface area (Å²) in [5, 5.41) is 0. The number of benzene rings is 2. The van der Waals surface area contributed by atoms with Gasteiger partial charge in [-0.3, -0.25) is 9.59 Å². The average molecular weight is 418 g/mol. The number of hydrogen-bond donors (Lipinski definition) is 0. The molecule has 162 valence electrons. The van der Waals surface area contributed by atoms with Gasteiger partial charge >= 0.3 is 11.9 Å². The predicted octanol–water partition coefficient (Wildman–Crippen LogP) is 5.40. The van der Waals surface area contributed by atoms with E-state index in [1.807, 2.05) is 0 Å². The maximum Gasteiger partial charge on any atom is 0.309 e. The van der Waals surface area contributed by atoms with E-state index in [0.717, 1.165) is 0 Å². The molecule has 2 aromatic rings. The SMILES string of the molecule is C[C@H](CC(=O)OC(C)(C)C)C(=O)O[C@@H](C)C(c1cccc(F)c1)c1cccc(F)c1. The van der Waals surface area contributed by atoms with E-state index in [9.17, 15) is 18.4 Å². The molecule has 4 nitrogen and oxygen atoms in total. The van der Waals surface area contributed by atoms with Crippen molar-refractivity contribution in [3.05, 3.63) is 71.3 Å². The average Bonchev–Trinajstić information content (AvgIpc) is 2.60. The Morgan fingerprint density at radius 1 is 0.933 bits per heavy atom. The number of hydrogen-bond acceptors (Lipinski definition) is 4. The van der Waals surface area contributed by atoms with Gasteiger partial charge < -0.3 is 9.47 Å². The van der Waals surface area contributed by atoms with Crippen LogP contribution in [-0.4, -0.2) is 23.6 Å². The molecule has 2 atom stereocenters. The van der Waals surface area contributed by atoms with Crippen LogP contribution in [0.4, 0.5) is 8.78 Å². The summed E-state index contributed by atoms with van der Waals surface area (Å²) >= 11 is 0. The van der Waals surface area contributed by atoms with Crippen LogP contribution in [0.25, 0.3) is 0 Å². The van der Waals surface area contributed by atoms with Gasteiger partial charge in [0.25, 0.3) is 0 Å². The lowest BCUT2D eigenvalue weighted by atomic mass is 9.87. The van der Waals surface area contributed by atoms with Crippen molar-refractivity contribution in [3.63, 3.8) is 0 Å². The van der Waals surface area contributed by atoms with E-state index in [-0.39, 0.29) is 6.42 Å². The highest BCUT2D eigenvalue weighted by molar-refractivity contribution is 5.80. The first-order chi connectivity index (χ1) is 14.0. The third-order valence-corrected chi connectivity index (χ3v) is 4.48. The highest BCUT2D eigenvalue weighted by Crippen LogP contribution is 2.31. The zero-order valence-electron chi connectivity index (χ0n) is 17.9. The van der Waals surface area contributed by atoms with Crippen LogP contribution in [0.2, 0.25) is 0 Å². The van der Waals surface area contributed by atoms with Gasteiger partial charge in [0.2, 0.25) is 0 Å². The second-order valence-corrected chi connectivity index (χ2v) is 8.42. The summed E-state index contributed by atoms with van der Waals surface area (Å²) in [5.41, 5.74) is 0.467. The Hall–Kier alpha value is -2.76. The molecule has 0 amide bonds. The molecule has 0 bridgehead atoms. The zero-order valence-corrected chi connectivity index (χ0v) is 17.9. The molecule has 0 radical (unpaired) electrons. The molecule has 0 fully saturated rings. The van der Waals surface area contributed by atoms with Crippen LogP contribution in [0.1, 0.15) is 58.1 Å². The molecule has 0 aromatic heterocycles. The Morgan fingerprint density at radius 3 is 1.87 bits per heavy atom. The molecule has 0 spiro atoms. The van der Waals surface area contributed by atoms with Gasteiger partial charge in [-0.2, -0.15) is 0 Å². The minimum absolute atomic E-state index is 0.118. The summed E-state index contributed by atoms with van der Waals surface area (Å²) in [5.74, 6) is -3.24. The molecular formula is C24H28F2O4. The van der Waals surface area contributed by atoms with Crippen molar-refractivity contribution in [2.45, 2.75) is 58.7 Å². The monoisotopic (exact) mass is 418 g/mol. The van der Waals surface area contributed by atoms with Crippen LogP contribution in [0.3, 0.4) is 0 Å². The molecule has 0 unspecified atom stereocenters. The number of halogens is 2. The van der Waals surface area contributed by atoms with Crippen molar-refractivity contribution in [1.29, 1.82) is 0 Å². The van der Waals surface area contributed by atoms with E-state index in [0.29, 0.717) is 11.1 Å².